The average molecular weight is 223 g/mol. The van der Waals surface area contributed by atoms with Gasteiger partial charge in [0, 0.05) is 17.7 Å². The highest BCUT2D eigenvalue weighted by Crippen LogP contribution is 2.31. The van der Waals surface area contributed by atoms with Gasteiger partial charge in [0.25, 0.3) is 5.69 Å². The number of nitrogens with zero attached hydrogens (tertiary/aromatic N) is 2. The van der Waals surface area contributed by atoms with Crippen molar-refractivity contribution in [2.45, 2.75) is 6.23 Å². The van der Waals surface area contributed by atoms with Crippen molar-refractivity contribution in [1.82, 2.24) is 0 Å². The Labute approximate surface area is 94.0 Å². The Morgan fingerprint density at radius 2 is 2.00 bits per heavy atom. The number of nitro benzene ring substituents is 1. The zero-order valence-corrected chi connectivity index (χ0v) is 9.42. The summed E-state index contributed by atoms with van der Waals surface area (Å²) in [5.41, 5.74) is 1.11. The van der Waals surface area contributed by atoms with Crippen LogP contribution in [0.5, 0.6) is 0 Å². The second-order valence-electron chi connectivity index (χ2n) is 4.57. The second-order valence-corrected chi connectivity index (χ2v) is 4.57. The zero-order valence-electron chi connectivity index (χ0n) is 9.42. The van der Waals surface area contributed by atoms with Crippen LogP contribution in [0.4, 0.5) is 5.69 Å². The van der Waals surface area contributed by atoms with E-state index in [4.69, 9.17) is 4.74 Å². The molecule has 16 heavy (non-hydrogen) atoms. The predicted molar refractivity (Wildman–Crippen MR) is 58.8 cm³/mol. The number of likely N-dealkylation sites (N-methyl/N-ethyl adjacent to an activating group) is 1. The third-order valence-electron chi connectivity index (χ3n) is 2.97. The number of hydrogen-bond donors (Lipinski definition) is 0. The molecular weight excluding hydrogens is 208 g/mol. The monoisotopic (exact) mass is 223 g/mol. The van der Waals surface area contributed by atoms with Crippen molar-refractivity contribution in [2.75, 3.05) is 27.2 Å². The summed E-state index contributed by atoms with van der Waals surface area (Å²) < 4.78 is 6.42. The summed E-state index contributed by atoms with van der Waals surface area (Å²) in [6.07, 6.45) is -0.0131. The van der Waals surface area contributed by atoms with E-state index >= 15 is 0 Å². The molecule has 1 aromatic carbocycles. The molecule has 0 bridgehead atoms. The molecule has 0 N–H and O–H groups in total. The summed E-state index contributed by atoms with van der Waals surface area (Å²) in [5, 5.41) is 10.5. The van der Waals surface area contributed by atoms with E-state index in [1.54, 1.807) is 12.1 Å². The molecule has 0 aromatic heterocycles. The fourth-order valence-corrected chi connectivity index (χ4v) is 1.98. The van der Waals surface area contributed by atoms with Crippen molar-refractivity contribution in [2.24, 2.45) is 0 Å². The van der Waals surface area contributed by atoms with E-state index in [9.17, 15) is 10.1 Å². The average Bonchev–Trinajstić information content (AvgIpc) is 2.58. The molecule has 0 saturated carbocycles. The van der Waals surface area contributed by atoms with Crippen molar-refractivity contribution in [3.05, 3.63) is 39.9 Å². The van der Waals surface area contributed by atoms with Crippen LogP contribution >= 0.6 is 0 Å². The Kier molecular flexibility index (Phi) is 2.65. The molecule has 1 aromatic rings. The van der Waals surface area contributed by atoms with Gasteiger partial charge in [0.1, 0.15) is 13.2 Å². The summed E-state index contributed by atoms with van der Waals surface area (Å²) in [7, 11) is 4.19. The molecule has 86 valence electrons. The third kappa shape index (κ3) is 1.91. The molecule has 5 heteroatoms. The second kappa shape index (κ2) is 3.84. The topological polar surface area (TPSA) is 52.4 Å². The molecule has 1 aliphatic heterocycles. The molecule has 1 unspecified atom stereocenters. The number of benzene rings is 1. The van der Waals surface area contributed by atoms with Crippen LogP contribution in [0.2, 0.25) is 0 Å². The molecule has 2 rings (SSSR count). The molecule has 0 radical (unpaired) electrons. The molecule has 0 spiro atoms. The minimum atomic E-state index is -0.390. The highest BCUT2D eigenvalue weighted by atomic mass is 16.6. The number of quaternary nitrogens is 1. The van der Waals surface area contributed by atoms with Crippen molar-refractivity contribution in [3.63, 3.8) is 0 Å². The van der Waals surface area contributed by atoms with Crippen LogP contribution in [0.3, 0.4) is 0 Å². The first-order chi connectivity index (χ1) is 7.50. The number of rotatable bonds is 2. The van der Waals surface area contributed by atoms with Gasteiger partial charge in [-0.2, -0.15) is 0 Å². The lowest BCUT2D eigenvalue weighted by atomic mass is 10.1. The molecule has 1 aliphatic rings. The number of ether oxygens (including phenoxy) is 1. The van der Waals surface area contributed by atoms with Gasteiger partial charge in [-0.25, -0.2) is 0 Å². The van der Waals surface area contributed by atoms with E-state index in [2.05, 4.69) is 14.1 Å². The van der Waals surface area contributed by atoms with Crippen LogP contribution in [-0.2, 0) is 4.74 Å². The van der Waals surface area contributed by atoms with Crippen LogP contribution < -0.4 is 0 Å². The summed E-state index contributed by atoms with van der Waals surface area (Å²) in [4.78, 5) is 10.1. The lowest BCUT2D eigenvalue weighted by Gasteiger charge is -2.29. The molecule has 1 atom stereocenters. The maximum absolute atomic E-state index is 10.5. The Morgan fingerprint density at radius 1 is 1.38 bits per heavy atom. The highest BCUT2D eigenvalue weighted by Gasteiger charge is 2.36. The number of non-ortho nitro benzene ring substituents is 1. The molecule has 0 aliphatic carbocycles. The molecule has 0 amide bonds. The highest BCUT2D eigenvalue weighted by molar-refractivity contribution is 5.33. The summed E-state index contributed by atoms with van der Waals surface area (Å²) >= 11 is 0. The van der Waals surface area contributed by atoms with Crippen molar-refractivity contribution in [1.29, 1.82) is 0 Å². The van der Waals surface area contributed by atoms with Gasteiger partial charge in [0.2, 0.25) is 6.23 Å². The van der Waals surface area contributed by atoms with Crippen molar-refractivity contribution >= 4 is 5.69 Å². The van der Waals surface area contributed by atoms with Gasteiger partial charge in [-0.1, -0.05) is 0 Å². The van der Waals surface area contributed by atoms with E-state index in [0.29, 0.717) is 0 Å². The molecule has 5 nitrogen and oxygen atoms in total. The van der Waals surface area contributed by atoms with Gasteiger partial charge in [-0.15, -0.1) is 0 Å². The van der Waals surface area contributed by atoms with Crippen molar-refractivity contribution < 1.29 is 14.1 Å². The van der Waals surface area contributed by atoms with Crippen LogP contribution in [0.25, 0.3) is 0 Å². The van der Waals surface area contributed by atoms with Crippen LogP contribution in [0, 0.1) is 10.1 Å². The fraction of sp³-hybridized carbons (Fsp3) is 0.455. The number of hydrogen-bond acceptors (Lipinski definition) is 3. The Morgan fingerprint density at radius 3 is 2.44 bits per heavy atom. The van der Waals surface area contributed by atoms with E-state index in [1.165, 1.54) is 12.1 Å². The van der Waals surface area contributed by atoms with Crippen molar-refractivity contribution in [3.8, 4) is 0 Å². The first-order valence-electron chi connectivity index (χ1n) is 5.19. The maximum atomic E-state index is 10.5. The smallest absolute Gasteiger partial charge is 0.269 e. The minimum Gasteiger partial charge on any atom is -0.319 e. The van der Waals surface area contributed by atoms with Gasteiger partial charge in [-0.05, 0) is 12.1 Å². The maximum Gasteiger partial charge on any atom is 0.269 e. The van der Waals surface area contributed by atoms with Gasteiger partial charge < -0.3 is 4.74 Å². The molecule has 1 fully saturated rings. The van der Waals surface area contributed by atoms with E-state index < -0.39 is 0 Å². The fourth-order valence-electron chi connectivity index (χ4n) is 1.98. The van der Waals surface area contributed by atoms with E-state index in [0.717, 1.165) is 23.2 Å². The quantitative estimate of drug-likeness (QED) is 0.435. The Bertz CT molecular complexity index is 400. The first kappa shape index (κ1) is 11.0. The van der Waals surface area contributed by atoms with Crippen LogP contribution in [-0.4, -0.2) is 36.7 Å². The summed E-state index contributed by atoms with van der Waals surface area (Å²) in [6.45, 7) is 1.69. The third-order valence-corrected chi connectivity index (χ3v) is 2.97. The normalized spacial score (nSPS) is 23.2. The summed E-state index contributed by atoms with van der Waals surface area (Å²) in [5.74, 6) is 0. The Hall–Kier alpha value is -1.46. The SMILES string of the molecule is C[N+]1(C)CCOC1c1ccc([N+](=O)[O-])cc1. The lowest BCUT2D eigenvalue weighted by molar-refractivity contribution is -0.920. The van der Waals surface area contributed by atoms with Gasteiger partial charge in [0.15, 0.2) is 0 Å². The zero-order chi connectivity index (χ0) is 11.8. The van der Waals surface area contributed by atoms with Gasteiger partial charge in [0.05, 0.1) is 19.0 Å². The minimum absolute atomic E-state index is 0.0131. The molecular formula is C11H15N2O3+. The molecule has 1 heterocycles. The summed E-state index contributed by atoms with van der Waals surface area (Å²) in [6, 6.07) is 6.59. The van der Waals surface area contributed by atoms with E-state index in [1.807, 2.05) is 0 Å². The van der Waals surface area contributed by atoms with Gasteiger partial charge in [-0.3, -0.25) is 14.6 Å². The largest absolute Gasteiger partial charge is 0.319 e. The van der Waals surface area contributed by atoms with Crippen LogP contribution in [0.1, 0.15) is 11.8 Å². The van der Waals surface area contributed by atoms with Crippen LogP contribution in [0.15, 0.2) is 24.3 Å². The first-order valence-corrected chi connectivity index (χ1v) is 5.19. The van der Waals surface area contributed by atoms with E-state index in [-0.39, 0.29) is 16.8 Å². The Balaban J connectivity index is 2.25. The molecule has 1 saturated heterocycles. The van der Waals surface area contributed by atoms with Gasteiger partial charge >= 0.3 is 0 Å². The standard InChI is InChI=1S/C11H15N2O3/c1-13(2)7-8-16-11(13)9-3-5-10(6-4-9)12(14)15/h3-6,11H,7-8H2,1-2H3/q+1. The predicted octanol–water partition coefficient (Wildman–Crippen LogP) is 1.70. The lowest BCUT2D eigenvalue weighted by Crippen LogP contribution is -2.38. The number of nitro groups is 1.